The highest BCUT2D eigenvalue weighted by Gasteiger charge is 2.03. The maximum absolute atomic E-state index is 4.28. The lowest BCUT2D eigenvalue weighted by atomic mass is 10.0. The highest BCUT2D eigenvalue weighted by molar-refractivity contribution is 5.54. The van der Waals surface area contributed by atoms with Crippen LogP contribution in [0.25, 0.3) is 6.08 Å². The summed E-state index contributed by atoms with van der Waals surface area (Å²) >= 11 is 0. The Morgan fingerprint density at radius 3 is 2.86 bits per heavy atom. The Labute approximate surface area is 85.8 Å². The van der Waals surface area contributed by atoms with Gasteiger partial charge in [0, 0.05) is 5.69 Å². The third-order valence-corrected chi connectivity index (χ3v) is 2.31. The molecule has 1 aromatic rings. The Morgan fingerprint density at radius 1 is 1.64 bits per heavy atom. The summed E-state index contributed by atoms with van der Waals surface area (Å²) in [7, 11) is 0. The molecule has 0 spiro atoms. The molecule has 2 heteroatoms. The van der Waals surface area contributed by atoms with Crippen LogP contribution in [0.2, 0.25) is 0 Å². The van der Waals surface area contributed by atoms with Crippen LogP contribution in [0, 0.1) is 5.92 Å². The van der Waals surface area contributed by atoms with Gasteiger partial charge < -0.3 is 4.98 Å². The molecule has 1 N–H and O–H groups in total. The molecule has 0 atom stereocenters. The van der Waals surface area contributed by atoms with Crippen molar-refractivity contribution >= 4 is 6.08 Å². The number of nitrogens with zero attached hydrogens (tertiary/aromatic N) is 1. The summed E-state index contributed by atoms with van der Waals surface area (Å²) in [6, 6.07) is 0. The van der Waals surface area contributed by atoms with Gasteiger partial charge in [0.25, 0.3) is 0 Å². The quantitative estimate of drug-likeness (QED) is 0.726. The molecule has 0 saturated carbocycles. The molecule has 0 radical (unpaired) electrons. The number of rotatable bonds is 4. The number of aromatic nitrogens is 2. The van der Waals surface area contributed by atoms with E-state index in [1.54, 1.807) is 6.33 Å². The fourth-order valence-corrected chi connectivity index (χ4v) is 1.36. The van der Waals surface area contributed by atoms with Crippen LogP contribution in [0.5, 0.6) is 0 Å². The van der Waals surface area contributed by atoms with Gasteiger partial charge in [0.2, 0.25) is 0 Å². The summed E-state index contributed by atoms with van der Waals surface area (Å²) in [5.74, 6) is 0.494. The SMILES string of the molecule is C=C/C(=C\c1nc[nH]c1CC)C(C)C. The van der Waals surface area contributed by atoms with Gasteiger partial charge in [-0.2, -0.15) is 0 Å². The first-order valence-corrected chi connectivity index (χ1v) is 5.05. The molecular formula is C12H18N2. The fraction of sp³-hybridized carbons (Fsp3) is 0.417. The van der Waals surface area contributed by atoms with Gasteiger partial charge in [-0.25, -0.2) is 4.98 Å². The number of nitrogens with one attached hydrogen (secondary N) is 1. The van der Waals surface area contributed by atoms with Crippen molar-refractivity contribution in [3.8, 4) is 0 Å². The third kappa shape index (κ3) is 2.34. The van der Waals surface area contributed by atoms with E-state index in [0.29, 0.717) is 5.92 Å². The van der Waals surface area contributed by atoms with Crippen LogP contribution in [0.3, 0.4) is 0 Å². The molecule has 0 bridgehead atoms. The predicted octanol–water partition coefficient (Wildman–Crippen LogP) is 3.20. The molecule has 0 fully saturated rings. The van der Waals surface area contributed by atoms with Crippen molar-refractivity contribution in [2.45, 2.75) is 27.2 Å². The molecule has 1 aromatic heterocycles. The summed E-state index contributed by atoms with van der Waals surface area (Å²) in [5.41, 5.74) is 3.45. The summed E-state index contributed by atoms with van der Waals surface area (Å²) < 4.78 is 0. The van der Waals surface area contributed by atoms with Crippen molar-refractivity contribution in [2.24, 2.45) is 5.92 Å². The second-order valence-electron chi connectivity index (χ2n) is 3.62. The van der Waals surface area contributed by atoms with Gasteiger partial charge in [0.1, 0.15) is 0 Å². The van der Waals surface area contributed by atoms with E-state index in [1.165, 1.54) is 11.3 Å². The van der Waals surface area contributed by atoms with Crippen LogP contribution < -0.4 is 0 Å². The van der Waals surface area contributed by atoms with E-state index < -0.39 is 0 Å². The first kappa shape index (κ1) is 10.8. The van der Waals surface area contributed by atoms with Gasteiger partial charge in [-0.05, 0) is 24.0 Å². The highest BCUT2D eigenvalue weighted by Crippen LogP contribution is 2.16. The van der Waals surface area contributed by atoms with Gasteiger partial charge >= 0.3 is 0 Å². The van der Waals surface area contributed by atoms with E-state index in [0.717, 1.165) is 12.1 Å². The van der Waals surface area contributed by atoms with Crippen molar-refractivity contribution in [2.75, 3.05) is 0 Å². The smallest absolute Gasteiger partial charge is 0.0929 e. The van der Waals surface area contributed by atoms with Crippen molar-refractivity contribution < 1.29 is 0 Å². The molecule has 0 aliphatic heterocycles. The van der Waals surface area contributed by atoms with Crippen molar-refractivity contribution in [3.63, 3.8) is 0 Å². The van der Waals surface area contributed by atoms with Crippen LogP contribution in [0.1, 0.15) is 32.2 Å². The Bertz CT molecular complexity index is 332. The van der Waals surface area contributed by atoms with E-state index >= 15 is 0 Å². The first-order chi connectivity index (χ1) is 6.69. The number of aromatic amines is 1. The minimum Gasteiger partial charge on any atom is -0.348 e. The standard InChI is InChI=1S/C12H18N2/c1-5-10(9(3)4)7-12-11(6-2)13-8-14-12/h5,7-9H,1,6H2,2-4H3,(H,13,14)/b10-7+. The largest absolute Gasteiger partial charge is 0.348 e. The lowest BCUT2D eigenvalue weighted by Gasteiger charge is -2.05. The molecule has 0 unspecified atom stereocenters. The predicted molar refractivity (Wildman–Crippen MR) is 61.0 cm³/mol. The van der Waals surface area contributed by atoms with E-state index in [4.69, 9.17) is 0 Å². The maximum atomic E-state index is 4.28. The van der Waals surface area contributed by atoms with Crippen LogP contribution in [-0.4, -0.2) is 9.97 Å². The molecular weight excluding hydrogens is 172 g/mol. The third-order valence-electron chi connectivity index (χ3n) is 2.31. The Balaban J connectivity index is 2.99. The molecule has 2 nitrogen and oxygen atoms in total. The van der Waals surface area contributed by atoms with E-state index in [1.807, 2.05) is 6.08 Å². The summed E-state index contributed by atoms with van der Waals surface area (Å²) in [5, 5.41) is 0. The molecule has 0 amide bonds. The minimum absolute atomic E-state index is 0.494. The molecule has 0 aliphatic carbocycles. The molecule has 14 heavy (non-hydrogen) atoms. The number of imidazole rings is 1. The van der Waals surface area contributed by atoms with E-state index in [9.17, 15) is 0 Å². The zero-order chi connectivity index (χ0) is 10.6. The number of H-pyrrole nitrogens is 1. The number of aryl methyl sites for hydroxylation is 1. The summed E-state index contributed by atoms with van der Waals surface area (Å²) in [6.07, 6.45) is 6.73. The first-order valence-electron chi connectivity index (χ1n) is 5.05. The number of hydrogen-bond donors (Lipinski definition) is 1. The lowest BCUT2D eigenvalue weighted by molar-refractivity contribution is 0.797. The minimum atomic E-state index is 0.494. The fourth-order valence-electron chi connectivity index (χ4n) is 1.36. The Kier molecular flexibility index (Phi) is 3.69. The van der Waals surface area contributed by atoms with Crippen LogP contribution in [0.15, 0.2) is 24.6 Å². The number of allylic oxidation sites excluding steroid dienone is 2. The lowest BCUT2D eigenvalue weighted by Crippen LogP contribution is -1.92. The summed E-state index contributed by atoms with van der Waals surface area (Å²) in [6.45, 7) is 10.2. The van der Waals surface area contributed by atoms with Crippen molar-refractivity contribution in [1.29, 1.82) is 0 Å². The van der Waals surface area contributed by atoms with Gasteiger partial charge in [-0.1, -0.05) is 33.4 Å². The molecule has 0 aromatic carbocycles. The van der Waals surface area contributed by atoms with Crippen LogP contribution in [0.4, 0.5) is 0 Å². The van der Waals surface area contributed by atoms with Gasteiger partial charge in [0.05, 0.1) is 12.0 Å². The summed E-state index contributed by atoms with van der Waals surface area (Å²) in [4.78, 5) is 7.41. The zero-order valence-corrected chi connectivity index (χ0v) is 9.17. The van der Waals surface area contributed by atoms with Gasteiger partial charge in [0.15, 0.2) is 0 Å². The number of hydrogen-bond acceptors (Lipinski definition) is 1. The second-order valence-corrected chi connectivity index (χ2v) is 3.62. The topological polar surface area (TPSA) is 28.7 Å². The van der Waals surface area contributed by atoms with Crippen LogP contribution >= 0.6 is 0 Å². The van der Waals surface area contributed by atoms with E-state index in [2.05, 4.69) is 43.4 Å². The molecule has 1 rings (SSSR count). The zero-order valence-electron chi connectivity index (χ0n) is 9.17. The average Bonchev–Trinajstić information content (AvgIpc) is 2.60. The van der Waals surface area contributed by atoms with Gasteiger partial charge in [-0.3, -0.25) is 0 Å². The molecule has 0 saturated heterocycles. The molecule has 0 aliphatic rings. The normalized spacial score (nSPS) is 12.1. The van der Waals surface area contributed by atoms with Crippen molar-refractivity contribution in [3.05, 3.63) is 35.9 Å². The van der Waals surface area contributed by atoms with Crippen LogP contribution in [-0.2, 0) is 6.42 Å². The molecule has 76 valence electrons. The second kappa shape index (κ2) is 4.80. The molecule has 1 heterocycles. The van der Waals surface area contributed by atoms with Gasteiger partial charge in [-0.15, -0.1) is 0 Å². The maximum Gasteiger partial charge on any atom is 0.0929 e. The average molecular weight is 190 g/mol. The Hall–Kier alpha value is -1.31. The monoisotopic (exact) mass is 190 g/mol. The highest BCUT2D eigenvalue weighted by atomic mass is 14.9. The van der Waals surface area contributed by atoms with Crippen molar-refractivity contribution in [1.82, 2.24) is 9.97 Å². The Morgan fingerprint density at radius 2 is 2.36 bits per heavy atom. The van der Waals surface area contributed by atoms with E-state index in [-0.39, 0.29) is 0 Å².